The van der Waals surface area contributed by atoms with Crippen LogP contribution in [0.4, 0.5) is 0 Å². The quantitative estimate of drug-likeness (QED) is 0.721. The van der Waals surface area contributed by atoms with Crippen LogP contribution in [0.5, 0.6) is 0 Å². The fraction of sp³-hybridized carbons (Fsp3) is 0.562. The Morgan fingerprint density at radius 3 is 2.59 bits per heavy atom. The van der Waals surface area contributed by atoms with Crippen molar-refractivity contribution in [1.29, 1.82) is 0 Å². The number of carbonyl (C=O) groups is 1. The second-order valence-electron chi connectivity index (χ2n) is 5.40. The van der Waals surface area contributed by atoms with Gasteiger partial charge in [0.05, 0.1) is 0 Å². The lowest BCUT2D eigenvalue weighted by molar-refractivity contribution is -0.121. The van der Waals surface area contributed by atoms with Crippen molar-refractivity contribution >= 4 is 5.78 Å². The van der Waals surface area contributed by atoms with E-state index in [1.807, 2.05) is 6.07 Å². The van der Waals surface area contributed by atoms with E-state index < -0.39 is 0 Å². The smallest absolute Gasteiger partial charge is 0.133 e. The van der Waals surface area contributed by atoms with Crippen molar-refractivity contribution in [3.63, 3.8) is 0 Å². The van der Waals surface area contributed by atoms with E-state index in [1.54, 1.807) is 0 Å². The molecule has 0 radical (unpaired) electrons. The van der Waals surface area contributed by atoms with Crippen LogP contribution in [0.15, 0.2) is 30.3 Å². The second kappa shape index (κ2) is 6.00. The first-order valence-electron chi connectivity index (χ1n) is 6.81. The number of aryl methyl sites for hydroxylation is 1. The number of carbonyl (C=O) groups excluding carboxylic acids is 1. The van der Waals surface area contributed by atoms with Crippen molar-refractivity contribution in [2.45, 2.75) is 45.4 Å². The molecule has 0 aromatic heterocycles. The molecule has 0 bridgehead atoms. The summed E-state index contributed by atoms with van der Waals surface area (Å²) >= 11 is 0. The molecule has 1 aliphatic carbocycles. The first-order chi connectivity index (χ1) is 8.25. The highest BCUT2D eigenvalue weighted by molar-refractivity contribution is 5.78. The zero-order valence-corrected chi connectivity index (χ0v) is 10.7. The monoisotopic (exact) mass is 230 g/mol. The van der Waals surface area contributed by atoms with Crippen LogP contribution in [-0.2, 0) is 11.2 Å². The third kappa shape index (κ3) is 3.69. The van der Waals surface area contributed by atoms with Gasteiger partial charge in [-0.25, -0.2) is 0 Å². The fourth-order valence-corrected chi connectivity index (χ4v) is 2.57. The molecule has 2 atom stereocenters. The predicted octanol–water partition coefficient (Wildman–Crippen LogP) is 4.01. The Hall–Kier alpha value is -1.11. The molecule has 2 unspecified atom stereocenters. The number of Topliss-reactive ketones (excluding diaryl/α,β-unsaturated/α-hetero) is 1. The summed E-state index contributed by atoms with van der Waals surface area (Å²) in [4.78, 5) is 11.8. The summed E-state index contributed by atoms with van der Waals surface area (Å²) in [5.41, 5.74) is 1.34. The van der Waals surface area contributed by atoms with Crippen molar-refractivity contribution in [2.24, 2.45) is 11.8 Å². The molecular formula is C16H22O. The van der Waals surface area contributed by atoms with Crippen molar-refractivity contribution < 1.29 is 4.79 Å². The Bertz CT molecular complexity index is 355. The fourth-order valence-electron chi connectivity index (χ4n) is 2.57. The average molecular weight is 230 g/mol. The SMILES string of the molecule is CC1CCC1CC(=O)CCCc1ccccc1. The van der Waals surface area contributed by atoms with Gasteiger partial charge in [-0.2, -0.15) is 0 Å². The van der Waals surface area contributed by atoms with E-state index in [9.17, 15) is 4.79 Å². The van der Waals surface area contributed by atoms with E-state index in [4.69, 9.17) is 0 Å². The molecule has 1 nitrogen and oxygen atoms in total. The predicted molar refractivity (Wildman–Crippen MR) is 70.9 cm³/mol. The van der Waals surface area contributed by atoms with Crippen LogP contribution in [0.2, 0.25) is 0 Å². The molecular weight excluding hydrogens is 208 g/mol. The zero-order chi connectivity index (χ0) is 12.1. The molecule has 0 spiro atoms. The van der Waals surface area contributed by atoms with Gasteiger partial charge in [-0.05, 0) is 36.7 Å². The maximum atomic E-state index is 11.8. The molecule has 0 amide bonds. The van der Waals surface area contributed by atoms with E-state index in [0.717, 1.165) is 31.6 Å². The number of hydrogen-bond acceptors (Lipinski definition) is 1. The summed E-state index contributed by atoms with van der Waals surface area (Å²) in [6.45, 7) is 2.27. The summed E-state index contributed by atoms with van der Waals surface area (Å²) in [6.07, 6.45) is 6.22. The third-order valence-corrected chi connectivity index (χ3v) is 4.05. The Balaban J connectivity index is 1.63. The molecule has 0 saturated heterocycles. The largest absolute Gasteiger partial charge is 0.300 e. The molecule has 0 heterocycles. The molecule has 0 aliphatic heterocycles. The van der Waals surface area contributed by atoms with Crippen LogP contribution in [0.3, 0.4) is 0 Å². The summed E-state index contributed by atoms with van der Waals surface area (Å²) in [5.74, 6) is 1.95. The highest BCUT2D eigenvalue weighted by Gasteiger charge is 2.28. The standard InChI is InChI=1S/C16H22O/c1-13-10-11-15(13)12-16(17)9-5-8-14-6-3-2-4-7-14/h2-4,6-7,13,15H,5,8-12H2,1H3. The first kappa shape index (κ1) is 12.3. The number of ketones is 1. The zero-order valence-electron chi connectivity index (χ0n) is 10.7. The number of rotatable bonds is 6. The topological polar surface area (TPSA) is 17.1 Å². The first-order valence-corrected chi connectivity index (χ1v) is 6.81. The lowest BCUT2D eigenvalue weighted by Crippen LogP contribution is -2.25. The van der Waals surface area contributed by atoms with Gasteiger partial charge in [0.1, 0.15) is 5.78 Å². The van der Waals surface area contributed by atoms with Crippen LogP contribution < -0.4 is 0 Å². The van der Waals surface area contributed by atoms with Crippen LogP contribution in [0, 0.1) is 11.8 Å². The lowest BCUT2D eigenvalue weighted by atomic mass is 9.72. The summed E-state index contributed by atoms with van der Waals surface area (Å²) in [5, 5.41) is 0. The van der Waals surface area contributed by atoms with Gasteiger partial charge in [-0.3, -0.25) is 4.79 Å². The van der Waals surface area contributed by atoms with Gasteiger partial charge >= 0.3 is 0 Å². The molecule has 92 valence electrons. The van der Waals surface area contributed by atoms with E-state index in [1.165, 1.54) is 18.4 Å². The average Bonchev–Trinajstić information content (AvgIpc) is 2.35. The van der Waals surface area contributed by atoms with Gasteiger partial charge in [-0.1, -0.05) is 43.7 Å². The molecule has 2 rings (SSSR count). The molecule has 1 aromatic rings. The molecule has 1 aliphatic rings. The molecule has 0 N–H and O–H groups in total. The van der Waals surface area contributed by atoms with Gasteiger partial charge in [-0.15, -0.1) is 0 Å². The van der Waals surface area contributed by atoms with Crippen molar-refractivity contribution in [1.82, 2.24) is 0 Å². The Morgan fingerprint density at radius 1 is 1.24 bits per heavy atom. The van der Waals surface area contributed by atoms with Crippen molar-refractivity contribution in [2.75, 3.05) is 0 Å². The minimum atomic E-state index is 0.470. The number of hydrogen-bond donors (Lipinski definition) is 0. The van der Waals surface area contributed by atoms with Crippen LogP contribution in [0.1, 0.15) is 44.6 Å². The summed E-state index contributed by atoms with van der Waals surface area (Å²) in [6, 6.07) is 10.4. The molecule has 1 fully saturated rings. The molecule has 17 heavy (non-hydrogen) atoms. The van der Waals surface area contributed by atoms with E-state index in [0.29, 0.717) is 11.7 Å². The summed E-state index contributed by atoms with van der Waals surface area (Å²) in [7, 11) is 0. The Labute approximate surface area is 104 Å². The minimum Gasteiger partial charge on any atom is -0.300 e. The van der Waals surface area contributed by atoms with Gasteiger partial charge in [0.15, 0.2) is 0 Å². The third-order valence-electron chi connectivity index (χ3n) is 4.05. The van der Waals surface area contributed by atoms with Gasteiger partial charge in [0.2, 0.25) is 0 Å². The summed E-state index contributed by atoms with van der Waals surface area (Å²) < 4.78 is 0. The van der Waals surface area contributed by atoms with Crippen molar-refractivity contribution in [3.05, 3.63) is 35.9 Å². The maximum Gasteiger partial charge on any atom is 0.133 e. The number of benzene rings is 1. The molecule has 1 heteroatoms. The lowest BCUT2D eigenvalue weighted by Gasteiger charge is -2.33. The van der Waals surface area contributed by atoms with E-state index in [-0.39, 0.29) is 0 Å². The second-order valence-corrected chi connectivity index (χ2v) is 5.40. The Morgan fingerprint density at radius 2 is 2.00 bits per heavy atom. The van der Waals surface area contributed by atoms with Crippen LogP contribution in [-0.4, -0.2) is 5.78 Å². The van der Waals surface area contributed by atoms with Gasteiger partial charge in [0.25, 0.3) is 0 Å². The molecule has 1 saturated carbocycles. The van der Waals surface area contributed by atoms with Crippen LogP contribution in [0.25, 0.3) is 0 Å². The van der Waals surface area contributed by atoms with E-state index in [2.05, 4.69) is 31.2 Å². The minimum absolute atomic E-state index is 0.470. The van der Waals surface area contributed by atoms with Gasteiger partial charge in [0, 0.05) is 12.8 Å². The molecule has 1 aromatic carbocycles. The van der Waals surface area contributed by atoms with E-state index >= 15 is 0 Å². The highest BCUT2D eigenvalue weighted by Crippen LogP contribution is 2.36. The highest BCUT2D eigenvalue weighted by atomic mass is 16.1. The van der Waals surface area contributed by atoms with Crippen LogP contribution >= 0.6 is 0 Å². The maximum absolute atomic E-state index is 11.8. The van der Waals surface area contributed by atoms with Gasteiger partial charge < -0.3 is 0 Å². The normalized spacial score (nSPS) is 23.1. The Kier molecular flexibility index (Phi) is 4.36. The van der Waals surface area contributed by atoms with Crippen molar-refractivity contribution in [3.8, 4) is 0 Å².